The van der Waals surface area contributed by atoms with E-state index in [1.165, 1.54) is 18.7 Å². The van der Waals surface area contributed by atoms with Crippen molar-refractivity contribution in [1.82, 2.24) is 0 Å². The van der Waals surface area contributed by atoms with Crippen molar-refractivity contribution in [3.8, 4) is 5.75 Å². The van der Waals surface area contributed by atoms with Crippen LogP contribution in [-0.2, 0) is 22.6 Å². The summed E-state index contributed by atoms with van der Waals surface area (Å²) in [6.07, 6.45) is 8.17. The molecule has 1 aromatic rings. The largest absolute Gasteiger partial charge is 0.778 e. The minimum Gasteiger partial charge on any atom is -0.778 e. The van der Waals surface area contributed by atoms with E-state index in [1.807, 2.05) is 0 Å². The summed E-state index contributed by atoms with van der Waals surface area (Å²) in [5, 5.41) is -2.16. The molecule has 0 saturated heterocycles. The van der Waals surface area contributed by atoms with Crippen molar-refractivity contribution in [2.24, 2.45) is 7.05 Å². The first kappa shape index (κ1) is 22.3. The van der Waals surface area contributed by atoms with Crippen LogP contribution in [0.3, 0.4) is 0 Å². The fourth-order valence-corrected chi connectivity index (χ4v) is 4.89. The molecule has 1 aromatic heterocycles. The van der Waals surface area contributed by atoms with E-state index in [1.54, 1.807) is 17.8 Å². The smallest absolute Gasteiger partial charge is 0.337 e. The zero-order valence-electron chi connectivity index (χ0n) is 14.6. The second kappa shape index (κ2) is 9.81. The summed E-state index contributed by atoms with van der Waals surface area (Å²) in [6, 6.07) is 1.53. The summed E-state index contributed by atoms with van der Waals surface area (Å²) in [7, 11) is -8.50. The van der Waals surface area contributed by atoms with Crippen molar-refractivity contribution in [2.75, 3.05) is 6.61 Å². The SMILES string of the molecule is CCCCCCCOc1cc(CC(P(=O)([O-])O)P(=O)(O)O)c[n+](C)c1. The standard InChI is InChI=1S/C15H27NO7P2/c1-3-4-5-6-7-8-23-14-9-13(11-16(2)12-14)10-15(24(17,18)19)25(20,21)22/h9,11-12,15H,3-8,10H2,1-2H3,(H3-,17,18,19,20,21,22). The molecular formula is C15H27NO7P2. The molecule has 10 heteroatoms. The third kappa shape index (κ3) is 8.45. The predicted molar refractivity (Wildman–Crippen MR) is 91.2 cm³/mol. The molecule has 144 valence electrons. The first-order chi connectivity index (χ1) is 11.5. The van der Waals surface area contributed by atoms with Gasteiger partial charge in [0.2, 0.25) is 6.20 Å². The number of hydrogen-bond acceptors (Lipinski definition) is 4. The second-order valence-electron chi connectivity index (χ2n) is 6.15. The highest BCUT2D eigenvalue weighted by Crippen LogP contribution is 2.58. The molecule has 25 heavy (non-hydrogen) atoms. The molecule has 0 radical (unpaired) electrons. The monoisotopic (exact) mass is 395 g/mol. The first-order valence-electron chi connectivity index (χ1n) is 8.24. The van der Waals surface area contributed by atoms with Crippen LogP contribution in [0.25, 0.3) is 0 Å². The number of aromatic nitrogens is 1. The maximum absolute atomic E-state index is 11.4. The van der Waals surface area contributed by atoms with E-state index in [2.05, 4.69) is 6.92 Å². The van der Waals surface area contributed by atoms with Crippen molar-refractivity contribution in [2.45, 2.75) is 50.8 Å². The van der Waals surface area contributed by atoms with Crippen LogP contribution < -0.4 is 14.2 Å². The van der Waals surface area contributed by atoms with Gasteiger partial charge in [-0.25, -0.2) is 4.57 Å². The number of aryl methyl sites for hydroxylation is 1. The number of rotatable bonds is 11. The highest BCUT2D eigenvalue weighted by atomic mass is 31.2. The fourth-order valence-electron chi connectivity index (χ4n) is 2.48. The van der Waals surface area contributed by atoms with Gasteiger partial charge < -0.3 is 28.9 Å². The van der Waals surface area contributed by atoms with E-state index in [0.29, 0.717) is 17.9 Å². The van der Waals surface area contributed by atoms with Crippen molar-refractivity contribution in [3.63, 3.8) is 0 Å². The van der Waals surface area contributed by atoms with Crippen molar-refractivity contribution in [3.05, 3.63) is 24.0 Å². The molecule has 2 atom stereocenters. The maximum Gasteiger partial charge on any atom is 0.337 e. The van der Waals surface area contributed by atoms with Crippen LogP contribution in [0, 0.1) is 0 Å². The van der Waals surface area contributed by atoms with Crippen LogP contribution in [0.1, 0.15) is 44.6 Å². The Morgan fingerprint density at radius 2 is 1.80 bits per heavy atom. The van der Waals surface area contributed by atoms with Crippen LogP contribution >= 0.6 is 15.2 Å². The lowest BCUT2D eigenvalue weighted by atomic mass is 10.2. The molecular weight excluding hydrogens is 368 g/mol. The minimum absolute atomic E-state index is 0.351. The highest BCUT2D eigenvalue weighted by Gasteiger charge is 2.37. The molecule has 0 bridgehead atoms. The van der Waals surface area contributed by atoms with Gasteiger partial charge in [0.15, 0.2) is 11.9 Å². The third-order valence-electron chi connectivity index (χ3n) is 3.73. The minimum atomic E-state index is -5.19. The Balaban J connectivity index is 2.76. The normalized spacial score (nSPS) is 15.6. The topological polar surface area (TPSA) is 131 Å². The van der Waals surface area contributed by atoms with Gasteiger partial charge in [-0.1, -0.05) is 32.6 Å². The van der Waals surface area contributed by atoms with Crippen LogP contribution in [0.5, 0.6) is 5.75 Å². The summed E-state index contributed by atoms with van der Waals surface area (Å²) in [5.41, 5.74) is 0.351. The van der Waals surface area contributed by atoms with Crippen molar-refractivity contribution >= 4 is 15.2 Å². The Labute approximate surface area is 148 Å². The molecule has 0 fully saturated rings. The van der Waals surface area contributed by atoms with Gasteiger partial charge in [0.05, 0.1) is 6.61 Å². The Morgan fingerprint density at radius 1 is 1.16 bits per heavy atom. The number of unbranched alkanes of at least 4 members (excludes halogenated alkanes) is 4. The van der Waals surface area contributed by atoms with Crippen molar-refractivity contribution in [1.29, 1.82) is 0 Å². The molecule has 0 amide bonds. The lowest BCUT2D eigenvalue weighted by Gasteiger charge is -2.27. The van der Waals surface area contributed by atoms with E-state index in [-0.39, 0.29) is 0 Å². The zero-order valence-corrected chi connectivity index (χ0v) is 16.4. The molecule has 3 N–H and O–H groups in total. The molecule has 1 rings (SSSR count). The summed E-state index contributed by atoms with van der Waals surface area (Å²) < 4.78 is 29.9. The summed E-state index contributed by atoms with van der Waals surface area (Å²) in [5.74, 6) is 0.485. The average Bonchev–Trinajstić information content (AvgIpc) is 2.45. The van der Waals surface area contributed by atoms with Gasteiger partial charge in [-0.3, -0.25) is 4.57 Å². The molecule has 0 aliphatic rings. The molecule has 0 aliphatic carbocycles. The number of hydrogen-bond donors (Lipinski definition) is 3. The Morgan fingerprint density at radius 3 is 2.36 bits per heavy atom. The highest BCUT2D eigenvalue weighted by molar-refractivity contribution is 7.70. The quantitative estimate of drug-likeness (QED) is 0.294. The molecule has 0 aliphatic heterocycles. The van der Waals surface area contributed by atoms with Gasteiger partial charge in [-0.05, 0) is 12.5 Å². The van der Waals surface area contributed by atoms with Gasteiger partial charge >= 0.3 is 7.60 Å². The second-order valence-corrected chi connectivity index (χ2v) is 10.1. The summed E-state index contributed by atoms with van der Waals surface area (Å²) in [4.78, 5) is 38.8. The number of ether oxygens (including phenoxy) is 1. The van der Waals surface area contributed by atoms with E-state index in [9.17, 15) is 23.8 Å². The van der Waals surface area contributed by atoms with E-state index in [4.69, 9.17) is 9.63 Å². The van der Waals surface area contributed by atoms with Crippen LogP contribution in [0.15, 0.2) is 18.5 Å². The molecule has 0 saturated carbocycles. The third-order valence-corrected chi connectivity index (χ3v) is 7.40. The van der Waals surface area contributed by atoms with E-state index < -0.39 is 27.0 Å². The molecule has 8 nitrogen and oxygen atoms in total. The Hall–Kier alpha value is -0.750. The first-order valence-corrected chi connectivity index (χ1v) is 11.6. The Kier molecular flexibility index (Phi) is 8.75. The molecule has 0 aromatic carbocycles. The lowest BCUT2D eigenvalue weighted by Crippen LogP contribution is -2.29. The van der Waals surface area contributed by atoms with Gasteiger partial charge in [-0.15, -0.1) is 0 Å². The average molecular weight is 395 g/mol. The number of pyridine rings is 1. The predicted octanol–water partition coefficient (Wildman–Crippen LogP) is 1.45. The summed E-state index contributed by atoms with van der Waals surface area (Å²) >= 11 is 0. The van der Waals surface area contributed by atoms with Gasteiger partial charge in [-0.2, -0.15) is 0 Å². The van der Waals surface area contributed by atoms with Gasteiger partial charge in [0, 0.05) is 12.0 Å². The number of nitrogens with zero attached hydrogens (tertiary/aromatic N) is 1. The fraction of sp³-hybridized carbons (Fsp3) is 0.667. The molecule has 0 spiro atoms. The maximum atomic E-state index is 11.4. The summed E-state index contributed by atoms with van der Waals surface area (Å²) in [6.45, 7) is 2.65. The molecule has 1 heterocycles. The van der Waals surface area contributed by atoms with Gasteiger partial charge in [0.25, 0.3) is 0 Å². The lowest BCUT2D eigenvalue weighted by molar-refractivity contribution is -0.672. The van der Waals surface area contributed by atoms with Crippen LogP contribution in [0.4, 0.5) is 0 Å². The van der Waals surface area contributed by atoms with E-state index in [0.717, 1.165) is 25.7 Å². The van der Waals surface area contributed by atoms with Crippen molar-refractivity contribution < 1.29 is 38.0 Å². The zero-order chi connectivity index (χ0) is 19.1. The Bertz CT molecular complexity index is 619. The van der Waals surface area contributed by atoms with Crippen LogP contribution in [0.2, 0.25) is 0 Å². The van der Waals surface area contributed by atoms with Gasteiger partial charge in [0.1, 0.15) is 20.0 Å². The van der Waals surface area contributed by atoms with E-state index >= 15 is 0 Å². The van der Waals surface area contributed by atoms with Crippen LogP contribution in [-0.4, -0.2) is 26.7 Å². The molecule has 2 unspecified atom stereocenters.